The van der Waals surface area contributed by atoms with E-state index in [9.17, 15) is 5.11 Å². The summed E-state index contributed by atoms with van der Waals surface area (Å²) in [6.07, 6.45) is 7.44. The minimum absolute atomic E-state index is 0.0950. The maximum Gasteiger partial charge on any atom is 0.115 e. The van der Waals surface area contributed by atoms with Gasteiger partial charge in [0.1, 0.15) is 5.75 Å². The van der Waals surface area contributed by atoms with E-state index in [-0.39, 0.29) is 5.41 Å². The van der Waals surface area contributed by atoms with Crippen molar-refractivity contribution in [2.24, 2.45) is 0 Å². The van der Waals surface area contributed by atoms with Crippen LogP contribution in [-0.4, -0.2) is 5.11 Å². The number of aryl methyl sites for hydroxylation is 1. The second-order valence-corrected chi connectivity index (χ2v) is 7.23. The first kappa shape index (κ1) is 17.6. The number of rotatable bonds is 8. The standard InChI is InChI=1S/C22H30O/c1-4-5-6-7-8-18-9-13-20(14-10-18)22(2,3)17-19-11-15-21(23)16-12-19/h9-16,23H,4-8,17H2,1-3H3. The number of phenols is 1. The number of unbranched alkanes of at least 4 members (excludes halogenated alkanes) is 3. The highest BCUT2D eigenvalue weighted by Crippen LogP contribution is 2.28. The lowest BCUT2D eigenvalue weighted by molar-refractivity contribution is 0.474. The zero-order chi connectivity index (χ0) is 16.7. The van der Waals surface area contributed by atoms with Gasteiger partial charge >= 0.3 is 0 Å². The fourth-order valence-electron chi connectivity index (χ4n) is 3.10. The van der Waals surface area contributed by atoms with Crippen molar-refractivity contribution in [3.63, 3.8) is 0 Å². The van der Waals surface area contributed by atoms with Crippen molar-refractivity contribution in [1.82, 2.24) is 0 Å². The highest BCUT2D eigenvalue weighted by Gasteiger charge is 2.21. The van der Waals surface area contributed by atoms with Crippen LogP contribution in [-0.2, 0) is 18.3 Å². The Morgan fingerprint density at radius 1 is 0.783 bits per heavy atom. The highest BCUT2D eigenvalue weighted by atomic mass is 16.3. The third kappa shape index (κ3) is 5.42. The first-order chi connectivity index (χ1) is 11.0. The lowest BCUT2D eigenvalue weighted by Gasteiger charge is -2.26. The second kappa shape index (κ2) is 8.19. The molecular weight excluding hydrogens is 280 g/mol. The van der Waals surface area contributed by atoms with Gasteiger partial charge in [-0.1, -0.05) is 76.4 Å². The summed E-state index contributed by atoms with van der Waals surface area (Å²) in [7, 11) is 0. The molecule has 0 saturated carbocycles. The smallest absolute Gasteiger partial charge is 0.115 e. The number of hydrogen-bond acceptors (Lipinski definition) is 1. The molecule has 1 N–H and O–H groups in total. The molecule has 2 aromatic carbocycles. The van der Waals surface area contributed by atoms with E-state index in [1.54, 1.807) is 12.1 Å². The van der Waals surface area contributed by atoms with Crippen LogP contribution in [0.4, 0.5) is 0 Å². The van der Waals surface area contributed by atoms with Gasteiger partial charge in [0.05, 0.1) is 0 Å². The van der Waals surface area contributed by atoms with E-state index in [0.29, 0.717) is 5.75 Å². The molecule has 124 valence electrons. The third-order valence-electron chi connectivity index (χ3n) is 4.64. The monoisotopic (exact) mass is 310 g/mol. The van der Waals surface area contributed by atoms with E-state index in [1.807, 2.05) is 12.1 Å². The first-order valence-corrected chi connectivity index (χ1v) is 8.88. The normalized spacial score (nSPS) is 11.6. The summed E-state index contributed by atoms with van der Waals surface area (Å²) in [6.45, 7) is 6.83. The average molecular weight is 310 g/mol. The molecule has 0 radical (unpaired) electrons. The minimum atomic E-state index is 0.0950. The SMILES string of the molecule is CCCCCCc1ccc(C(C)(C)Cc2ccc(O)cc2)cc1. The molecule has 23 heavy (non-hydrogen) atoms. The van der Waals surface area contributed by atoms with Gasteiger partial charge in [0.2, 0.25) is 0 Å². The van der Waals surface area contributed by atoms with E-state index < -0.39 is 0 Å². The second-order valence-electron chi connectivity index (χ2n) is 7.23. The van der Waals surface area contributed by atoms with Gasteiger partial charge in [0.25, 0.3) is 0 Å². The summed E-state index contributed by atoms with van der Waals surface area (Å²) < 4.78 is 0. The minimum Gasteiger partial charge on any atom is -0.508 e. The number of benzene rings is 2. The van der Waals surface area contributed by atoms with Crippen molar-refractivity contribution in [3.8, 4) is 5.75 Å². The van der Waals surface area contributed by atoms with E-state index in [4.69, 9.17) is 0 Å². The molecule has 0 aliphatic carbocycles. The van der Waals surface area contributed by atoms with Crippen LogP contribution in [0.1, 0.15) is 63.1 Å². The Hall–Kier alpha value is -1.76. The summed E-state index contributed by atoms with van der Waals surface area (Å²) in [5.74, 6) is 0.332. The Morgan fingerprint density at radius 2 is 1.39 bits per heavy atom. The molecule has 0 heterocycles. The van der Waals surface area contributed by atoms with E-state index in [2.05, 4.69) is 45.0 Å². The molecule has 0 aliphatic rings. The molecule has 0 spiro atoms. The van der Waals surface area contributed by atoms with Gasteiger partial charge in [-0.2, -0.15) is 0 Å². The zero-order valence-electron chi connectivity index (χ0n) is 14.8. The quantitative estimate of drug-likeness (QED) is 0.590. The summed E-state index contributed by atoms with van der Waals surface area (Å²) >= 11 is 0. The molecule has 0 aliphatic heterocycles. The molecule has 0 saturated heterocycles. The molecular formula is C22H30O. The Balaban J connectivity index is 1.97. The van der Waals surface area contributed by atoms with E-state index >= 15 is 0 Å². The van der Waals surface area contributed by atoms with Gasteiger partial charge < -0.3 is 5.11 Å². The summed E-state index contributed by atoms with van der Waals surface area (Å²) in [5, 5.41) is 9.41. The molecule has 0 amide bonds. The van der Waals surface area contributed by atoms with Crippen LogP contribution in [0, 0.1) is 0 Å². The number of hydrogen-bond donors (Lipinski definition) is 1. The number of aromatic hydroxyl groups is 1. The predicted molar refractivity (Wildman–Crippen MR) is 99.1 cm³/mol. The van der Waals surface area contributed by atoms with Crippen LogP contribution in [0.2, 0.25) is 0 Å². The fraction of sp³-hybridized carbons (Fsp3) is 0.455. The molecule has 1 heteroatoms. The first-order valence-electron chi connectivity index (χ1n) is 8.88. The Kier molecular flexibility index (Phi) is 6.27. The van der Waals surface area contributed by atoms with Gasteiger partial charge in [-0.15, -0.1) is 0 Å². The molecule has 0 bridgehead atoms. The van der Waals surface area contributed by atoms with Crippen molar-refractivity contribution in [1.29, 1.82) is 0 Å². The largest absolute Gasteiger partial charge is 0.508 e. The lowest BCUT2D eigenvalue weighted by Crippen LogP contribution is -2.20. The molecule has 0 unspecified atom stereocenters. The maximum atomic E-state index is 9.41. The molecule has 0 atom stereocenters. The van der Waals surface area contributed by atoms with Crippen LogP contribution in [0.5, 0.6) is 5.75 Å². The Morgan fingerprint density at radius 3 is 2.00 bits per heavy atom. The maximum absolute atomic E-state index is 9.41. The van der Waals surface area contributed by atoms with Gasteiger partial charge in [-0.25, -0.2) is 0 Å². The van der Waals surface area contributed by atoms with Crippen LogP contribution < -0.4 is 0 Å². The molecule has 2 aromatic rings. The molecule has 0 aromatic heterocycles. The Labute approximate surface area is 141 Å². The van der Waals surface area contributed by atoms with Gasteiger partial charge in [0, 0.05) is 0 Å². The lowest BCUT2D eigenvalue weighted by atomic mass is 9.79. The van der Waals surface area contributed by atoms with Crippen LogP contribution >= 0.6 is 0 Å². The Bertz CT molecular complexity index is 578. The van der Waals surface area contributed by atoms with Crippen LogP contribution in [0.3, 0.4) is 0 Å². The topological polar surface area (TPSA) is 20.2 Å². The van der Waals surface area contributed by atoms with Crippen LogP contribution in [0.15, 0.2) is 48.5 Å². The average Bonchev–Trinajstić information content (AvgIpc) is 2.54. The van der Waals surface area contributed by atoms with Gasteiger partial charge in [-0.05, 0) is 53.5 Å². The zero-order valence-corrected chi connectivity index (χ0v) is 14.8. The summed E-state index contributed by atoms with van der Waals surface area (Å²) in [6, 6.07) is 16.7. The fourth-order valence-corrected chi connectivity index (χ4v) is 3.10. The summed E-state index contributed by atoms with van der Waals surface area (Å²) in [5.41, 5.74) is 4.18. The molecule has 2 rings (SSSR count). The van der Waals surface area contributed by atoms with Crippen molar-refractivity contribution < 1.29 is 5.11 Å². The van der Waals surface area contributed by atoms with Crippen LogP contribution in [0.25, 0.3) is 0 Å². The van der Waals surface area contributed by atoms with E-state index in [0.717, 1.165) is 6.42 Å². The van der Waals surface area contributed by atoms with Crippen molar-refractivity contribution >= 4 is 0 Å². The molecule has 0 fully saturated rings. The van der Waals surface area contributed by atoms with Crippen molar-refractivity contribution in [3.05, 3.63) is 65.2 Å². The van der Waals surface area contributed by atoms with Gasteiger partial charge in [0.15, 0.2) is 0 Å². The van der Waals surface area contributed by atoms with Crippen molar-refractivity contribution in [2.45, 2.75) is 64.7 Å². The predicted octanol–water partition coefficient (Wildman–Crippen LogP) is 6.04. The summed E-state index contributed by atoms with van der Waals surface area (Å²) in [4.78, 5) is 0. The van der Waals surface area contributed by atoms with Crippen molar-refractivity contribution in [2.75, 3.05) is 0 Å². The highest BCUT2D eigenvalue weighted by molar-refractivity contribution is 5.32. The number of phenolic OH excluding ortho intramolecular Hbond substituents is 1. The third-order valence-corrected chi connectivity index (χ3v) is 4.64. The molecule has 1 nitrogen and oxygen atoms in total. The van der Waals surface area contributed by atoms with E-state index in [1.165, 1.54) is 48.8 Å². The van der Waals surface area contributed by atoms with Gasteiger partial charge in [-0.3, -0.25) is 0 Å².